The molecule has 1 aliphatic rings. The summed E-state index contributed by atoms with van der Waals surface area (Å²) in [5.74, 6) is 0.135. The molecule has 8 heteroatoms. The Labute approximate surface area is 121 Å². The van der Waals surface area contributed by atoms with Crippen LogP contribution in [0.15, 0.2) is 12.4 Å². The Morgan fingerprint density at radius 2 is 2.14 bits per heavy atom. The van der Waals surface area contributed by atoms with Crippen LogP contribution in [0.5, 0.6) is 0 Å². The van der Waals surface area contributed by atoms with Gasteiger partial charge in [-0.15, -0.1) is 5.10 Å². The molecule has 1 fully saturated rings. The summed E-state index contributed by atoms with van der Waals surface area (Å²) < 4.78 is 1.64. The van der Waals surface area contributed by atoms with Gasteiger partial charge in [0, 0.05) is 13.1 Å². The maximum atomic E-state index is 11.6. The van der Waals surface area contributed by atoms with Crippen molar-refractivity contribution in [2.45, 2.75) is 32.6 Å². The summed E-state index contributed by atoms with van der Waals surface area (Å²) in [4.78, 5) is 17.9. The minimum atomic E-state index is -0.678. The van der Waals surface area contributed by atoms with E-state index in [0.29, 0.717) is 31.6 Å². The van der Waals surface area contributed by atoms with Gasteiger partial charge in [-0.3, -0.25) is 9.78 Å². The third-order valence-corrected chi connectivity index (χ3v) is 4.32. The minimum Gasteiger partial charge on any atom is -0.481 e. The molecule has 1 saturated heterocycles. The molecular weight excluding hydrogens is 272 g/mol. The Morgan fingerprint density at radius 1 is 1.38 bits per heavy atom. The molecule has 0 saturated carbocycles. The zero-order valence-corrected chi connectivity index (χ0v) is 11.9. The van der Waals surface area contributed by atoms with Crippen LogP contribution in [0.1, 0.15) is 32.6 Å². The second-order valence-electron chi connectivity index (χ2n) is 5.54. The van der Waals surface area contributed by atoms with Gasteiger partial charge in [-0.2, -0.15) is 4.52 Å². The van der Waals surface area contributed by atoms with Crippen molar-refractivity contribution in [2.24, 2.45) is 5.41 Å². The first-order chi connectivity index (χ1) is 10.2. The Morgan fingerprint density at radius 3 is 2.81 bits per heavy atom. The molecule has 0 radical (unpaired) electrons. The highest BCUT2D eigenvalue weighted by molar-refractivity contribution is 5.75. The van der Waals surface area contributed by atoms with E-state index >= 15 is 0 Å². The number of piperidine rings is 1. The van der Waals surface area contributed by atoms with E-state index in [0.717, 1.165) is 18.7 Å². The fourth-order valence-corrected chi connectivity index (χ4v) is 3.09. The van der Waals surface area contributed by atoms with Crippen LogP contribution >= 0.6 is 0 Å². The van der Waals surface area contributed by atoms with E-state index in [9.17, 15) is 9.90 Å². The predicted molar refractivity (Wildman–Crippen MR) is 75.0 cm³/mol. The molecule has 0 spiro atoms. The predicted octanol–water partition coefficient (Wildman–Crippen LogP) is 0.991. The van der Waals surface area contributed by atoms with E-state index in [4.69, 9.17) is 0 Å². The summed E-state index contributed by atoms with van der Waals surface area (Å²) in [5, 5.41) is 21.0. The van der Waals surface area contributed by atoms with Crippen molar-refractivity contribution in [3.8, 4) is 0 Å². The lowest BCUT2D eigenvalue weighted by Crippen LogP contribution is -2.45. The molecule has 1 N–H and O–H groups in total. The largest absolute Gasteiger partial charge is 0.481 e. The lowest BCUT2D eigenvalue weighted by Gasteiger charge is -2.39. The molecule has 21 heavy (non-hydrogen) atoms. The van der Waals surface area contributed by atoms with Gasteiger partial charge in [0.15, 0.2) is 11.5 Å². The molecular formula is C13H18N6O2. The Balaban J connectivity index is 1.82. The van der Waals surface area contributed by atoms with E-state index in [1.807, 2.05) is 6.92 Å². The summed E-state index contributed by atoms with van der Waals surface area (Å²) in [6.45, 7) is 3.38. The number of rotatable bonds is 4. The maximum Gasteiger partial charge on any atom is 0.309 e. The van der Waals surface area contributed by atoms with E-state index in [1.54, 1.807) is 16.9 Å². The van der Waals surface area contributed by atoms with E-state index in [2.05, 4.69) is 25.4 Å². The molecule has 1 aliphatic heterocycles. The maximum absolute atomic E-state index is 11.6. The number of fused-ring (bicyclic) bond motifs is 1. The fourth-order valence-electron chi connectivity index (χ4n) is 3.09. The average molecular weight is 290 g/mol. The molecule has 3 rings (SSSR count). The lowest BCUT2D eigenvalue weighted by molar-refractivity contribution is -0.150. The molecule has 0 bridgehead atoms. The van der Waals surface area contributed by atoms with Gasteiger partial charge in [0.25, 0.3) is 0 Å². The van der Waals surface area contributed by atoms with Crippen LogP contribution in [0.25, 0.3) is 5.65 Å². The van der Waals surface area contributed by atoms with E-state index in [1.165, 1.54) is 0 Å². The highest BCUT2D eigenvalue weighted by Gasteiger charge is 2.41. The first-order valence-corrected chi connectivity index (χ1v) is 7.17. The highest BCUT2D eigenvalue weighted by Crippen LogP contribution is 2.37. The molecule has 8 nitrogen and oxygen atoms in total. The molecule has 3 heterocycles. The molecule has 0 atom stereocenters. The highest BCUT2D eigenvalue weighted by atomic mass is 16.4. The third kappa shape index (κ3) is 2.30. The summed E-state index contributed by atoms with van der Waals surface area (Å²) in [5.41, 5.74) is 0.00355. The summed E-state index contributed by atoms with van der Waals surface area (Å²) in [7, 11) is 0. The Hall–Kier alpha value is -2.25. The van der Waals surface area contributed by atoms with Crippen LogP contribution in [-0.2, 0) is 4.79 Å². The first kappa shape index (κ1) is 13.7. The van der Waals surface area contributed by atoms with E-state index in [-0.39, 0.29) is 0 Å². The van der Waals surface area contributed by atoms with Gasteiger partial charge in [-0.25, -0.2) is 0 Å². The van der Waals surface area contributed by atoms with Gasteiger partial charge in [0.1, 0.15) is 0 Å². The van der Waals surface area contributed by atoms with Gasteiger partial charge in [-0.1, -0.05) is 13.3 Å². The number of carboxylic acids is 1. The average Bonchev–Trinajstić information content (AvgIpc) is 2.96. The molecule has 112 valence electrons. The standard InChI is InChI=1S/C13H18N6O2/c1-2-3-13(12(20)21)4-6-18(7-5-13)11-9-14-8-10-15-16-17-19(10)11/h8-9H,2-7H2,1H3,(H,20,21). The summed E-state index contributed by atoms with van der Waals surface area (Å²) in [6, 6.07) is 0. The van der Waals surface area contributed by atoms with Gasteiger partial charge < -0.3 is 10.0 Å². The monoisotopic (exact) mass is 290 g/mol. The number of carbonyl (C=O) groups is 1. The van der Waals surface area contributed by atoms with Crippen LogP contribution < -0.4 is 4.90 Å². The van der Waals surface area contributed by atoms with Crippen molar-refractivity contribution >= 4 is 17.4 Å². The van der Waals surface area contributed by atoms with Crippen molar-refractivity contribution in [2.75, 3.05) is 18.0 Å². The molecule has 2 aromatic heterocycles. The molecule has 0 aliphatic carbocycles. The summed E-state index contributed by atoms with van der Waals surface area (Å²) in [6.07, 6.45) is 6.20. The van der Waals surface area contributed by atoms with Gasteiger partial charge in [0.2, 0.25) is 0 Å². The van der Waals surface area contributed by atoms with Crippen LogP contribution in [0.3, 0.4) is 0 Å². The molecule has 0 unspecified atom stereocenters. The topological polar surface area (TPSA) is 96.5 Å². The van der Waals surface area contributed by atoms with Crippen LogP contribution in [0.4, 0.5) is 5.82 Å². The second kappa shape index (κ2) is 5.27. The Kier molecular flexibility index (Phi) is 3.44. The van der Waals surface area contributed by atoms with Gasteiger partial charge >= 0.3 is 5.97 Å². The first-order valence-electron chi connectivity index (χ1n) is 7.17. The second-order valence-corrected chi connectivity index (χ2v) is 5.54. The number of hydrogen-bond donors (Lipinski definition) is 1. The van der Waals surface area contributed by atoms with Gasteiger partial charge in [0.05, 0.1) is 17.8 Å². The van der Waals surface area contributed by atoms with Crippen molar-refractivity contribution < 1.29 is 9.90 Å². The third-order valence-electron chi connectivity index (χ3n) is 4.32. The summed E-state index contributed by atoms with van der Waals surface area (Å²) >= 11 is 0. The van der Waals surface area contributed by atoms with Crippen molar-refractivity contribution in [3.63, 3.8) is 0 Å². The number of anilines is 1. The SMILES string of the molecule is CCCC1(C(=O)O)CCN(c2cncc3nnnn23)CC1. The Bertz CT molecular complexity index is 647. The number of aliphatic carboxylic acids is 1. The number of hydrogen-bond acceptors (Lipinski definition) is 6. The van der Waals surface area contributed by atoms with Crippen LogP contribution in [-0.4, -0.2) is 49.2 Å². The number of tetrazole rings is 1. The quantitative estimate of drug-likeness (QED) is 0.896. The lowest BCUT2D eigenvalue weighted by atomic mass is 9.75. The number of aromatic nitrogens is 5. The van der Waals surface area contributed by atoms with Crippen LogP contribution in [0.2, 0.25) is 0 Å². The van der Waals surface area contributed by atoms with Crippen molar-refractivity contribution in [1.82, 2.24) is 25.0 Å². The zero-order valence-electron chi connectivity index (χ0n) is 11.9. The number of nitrogens with zero attached hydrogens (tertiary/aromatic N) is 6. The fraction of sp³-hybridized carbons (Fsp3) is 0.615. The minimum absolute atomic E-state index is 0.590. The molecule has 0 aromatic carbocycles. The smallest absolute Gasteiger partial charge is 0.309 e. The van der Waals surface area contributed by atoms with Crippen LogP contribution in [0, 0.1) is 5.41 Å². The van der Waals surface area contributed by atoms with E-state index < -0.39 is 11.4 Å². The normalized spacial score (nSPS) is 18.0. The van der Waals surface area contributed by atoms with Crippen molar-refractivity contribution in [3.05, 3.63) is 12.4 Å². The molecule has 2 aromatic rings. The van der Waals surface area contributed by atoms with Gasteiger partial charge in [-0.05, 0) is 29.7 Å². The number of carboxylic acid groups (broad SMARTS) is 1. The molecule has 0 amide bonds. The zero-order chi connectivity index (χ0) is 14.9. The van der Waals surface area contributed by atoms with Crippen molar-refractivity contribution in [1.29, 1.82) is 0 Å².